The lowest BCUT2D eigenvalue weighted by atomic mass is 10.2. The molecule has 1 rings (SSSR count). The minimum atomic E-state index is -4.21. The minimum Gasteiger partial charge on any atom is -0.398 e. The lowest BCUT2D eigenvalue weighted by Gasteiger charge is -2.11. The lowest BCUT2D eigenvalue weighted by Crippen LogP contribution is -2.26. The predicted octanol–water partition coefficient (Wildman–Crippen LogP) is 2.59. The summed E-state index contributed by atoms with van der Waals surface area (Å²) in [5.41, 5.74) is 6.24. The molecule has 0 bridgehead atoms. The fourth-order valence-corrected chi connectivity index (χ4v) is 3.20. The number of nitrogen functional groups attached to an aromatic ring is 1. The number of aryl methyl sites for hydroxylation is 1. The van der Waals surface area contributed by atoms with Gasteiger partial charge in [0.15, 0.2) is 0 Å². The second kappa shape index (κ2) is 6.45. The van der Waals surface area contributed by atoms with E-state index >= 15 is 0 Å². The average molecular weight is 310 g/mol. The van der Waals surface area contributed by atoms with E-state index < -0.39 is 22.6 Å². The number of hydrogen-bond acceptors (Lipinski definition) is 3. The fourth-order valence-electron chi connectivity index (χ4n) is 1.77. The van der Waals surface area contributed by atoms with Gasteiger partial charge in [-0.15, -0.1) is 0 Å². The molecule has 8 heteroatoms. The summed E-state index contributed by atoms with van der Waals surface area (Å²) in [5, 5.41) is 0. The number of anilines is 1. The van der Waals surface area contributed by atoms with Crippen LogP contribution in [-0.2, 0) is 10.0 Å². The summed E-state index contributed by atoms with van der Waals surface area (Å²) in [6.45, 7) is 1.56. The molecule has 114 valence electrons. The maximum absolute atomic E-state index is 12.0. The molecule has 1 aromatic carbocycles. The molecule has 0 heterocycles. The molecule has 0 aliphatic carbocycles. The van der Waals surface area contributed by atoms with Crippen LogP contribution >= 0.6 is 0 Å². The first-order chi connectivity index (χ1) is 9.13. The highest BCUT2D eigenvalue weighted by molar-refractivity contribution is 7.89. The Labute approximate surface area is 116 Å². The fraction of sp³-hybridized carbons (Fsp3) is 0.500. The van der Waals surface area contributed by atoms with Crippen LogP contribution in [0.25, 0.3) is 0 Å². The Morgan fingerprint density at radius 2 is 1.90 bits per heavy atom. The van der Waals surface area contributed by atoms with E-state index in [-0.39, 0.29) is 30.0 Å². The van der Waals surface area contributed by atoms with E-state index in [1.54, 1.807) is 19.1 Å². The maximum Gasteiger partial charge on any atom is 0.389 e. The van der Waals surface area contributed by atoms with E-state index in [0.29, 0.717) is 5.56 Å². The molecule has 0 saturated heterocycles. The van der Waals surface area contributed by atoms with Crippen LogP contribution in [0.15, 0.2) is 23.1 Å². The Morgan fingerprint density at radius 3 is 2.45 bits per heavy atom. The molecule has 4 nitrogen and oxygen atoms in total. The number of nitrogens with two attached hydrogens (primary N) is 1. The van der Waals surface area contributed by atoms with Crippen molar-refractivity contribution in [3.05, 3.63) is 23.8 Å². The summed E-state index contributed by atoms with van der Waals surface area (Å²) in [5.74, 6) is 0. The van der Waals surface area contributed by atoms with Crippen molar-refractivity contribution in [2.45, 2.75) is 37.3 Å². The summed E-state index contributed by atoms with van der Waals surface area (Å²) >= 11 is 0. The molecule has 0 unspecified atom stereocenters. The van der Waals surface area contributed by atoms with Gasteiger partial charge in [-0.05, 0) is 31.4 Å². The third-order valence-corrected chi connectivity index (χ3v) is 4.37. The quantitative estimate of drug-likeness (QED) is 0.626. The van der Waals surface area contributed by atoms with Gasteiger partial charge in [-0.2, -0.15) is 13.2 Å². The van der Waals surface area contributed by atoms with Crippen molar-refractivity contribution in [1.29, 1.82) is 0 Å². The van der Waals surface area contributed by atoms with Gasteiger partial charge in [0.2, 0.25) is 10.0 Å². The number of nitrogens with one attached hydrogen (secondary N) is 1. The molecular formula is C12H17F3N2O2S. The highest BCUT2D eigenvalue weighted by Gasteiger charge is 2.26. The predicted molar refractivity (Wildman–Crippen MR) is 70.7 cm³/mol. The zero-order valence-electron chi connectivity index (χ0n) is 11.0. The van der Waals surface area contributed by atoms with E-state index in [0.717, 1.165) is 0 Å². The summed E-state index contributed by atoms with van der Waals surface area (Å²) < 4.78 is 62.1. The number of unbranched alkanes of at least 4 members (excludes halogenated alkanes) is 1. The largest absolute Gasteiger partial charge is 0.398 e. The molecule has 0 fully saturated rings. The highest BCUT2D eigenvalue weighted by Crippen LogP contribution is 2.23. The van der Waals surface area contributed by atoms with Gasteiger partial charge in [0.25, 0.3) is 0 Å². The third-order valence-electron chi connectivity index (χ3n) is 2.69. The van der Waals surface area contributed by atoms with Gasteiger partial charge in [0, 0.05) is 13.0 Å². The van der Waals surface area contributed by atoms with Crippen LogP contribution in [0, 0.1) is 6.92 Å². The number of sulfonamides is 1. The second-order valence-corrected chi connectivity index (χ2v) is 6.17. The van der Waals surface area contributed by atoms with Crippen LogP contribution in [0.4, 0.5) is 18.9 Å². The maximum atomic E-state index is 12.0. The SMILES string of the molecule is Cc1cccc(N)c1S(=O)(=O)NCCCCC(F)(F)F. The Kier molecular flexibility index (Phi) is 5.41. The van der Waals surface area contributed by atoms with Crippen molar-refractivity contribution in [1.82, 2.24) is 4.72 Å². The number of halogens is 3. The number of benzene rings is 1. The van der Waals surface area contributed by atoms with Crippen molar-refractivity contribution in [2.75, 3.05) is 12.3 Å². The van der Waals surface area contributed by atoms with Crippen LogP contribution in [0.5, 0.6) is 0 Å². The molecular weight excluding hydrogens is 293 g/mol. The van der Waals surface area contributed by atoms with Crippen LogP contribution < -0.4 is 10.5 Å². The molecule has 1 aromatic rings. The molecule has 0 amide bonds. The first kappa shape index (κ1) is 16.8. The topological polar surface area (TPSA) is 72.2 Å². The molecule has 0 aliphatic rings. The van der Waals surface area contributed by atoms with E-state index in [1.807, 2.05) is 0 Å². The second-order valence-electron chi connectivity index (χ2n) is 4.46. The van der Waals surface area contributed by atoms with Gasteiger partial charge in [-0.3, -0.25) is 0 Å². The number of rotatable bonds is 6. The molecule has 20 heavy (non-hydrogen) atoms. The standard InChI is InChI=1S/C12H17F3N2O2S/c1-9-5-4-6-10(16)11(9)20(18,19)17-8-3-2-7-12(13,14)15/h4-6,17H,2-3,7-8,16H2,1H3. The molecule has 0 spiro atoms. The summed E-state index contributed by atoms with van der Waals surface area (Å²) in [6, 6.07) is 4.70. The normalized spacial score (nSPS) is 12.6. The van der Waals surface area contributed by atoms with Gasteiger partial charge in [-0.25, -0.2) is 13.1 Å². The first-order valence-electron chi connectivity index (χ1n) is 6.05. The molecule has 0 aromatic heterocycles. The van der Waals surface area contributed by atoms with Gasteiger partial charge >= 0.3 is 6.18 Å². The van der Waals surface area contributed by atoms with Gasteiger partial charge in [-0.1, -0.05) is 12.1 Å². The summed E-state index contributed by atoms with van der Waals surface area (Å²) in [7, 11) is -3.79. The molecule has 0 radical (unpaired) electrons. The van der Waals surface area contributed by atoms with Crippen LogP contribution in [0.3, 0.4) is 0 Å². The molecule has 3 N–H and O–H groups in total. The zero-order chi connectivity index (χ0) is 15.4. The van der Waals surface area contributed by atoms with Crippen LogP contribution in [0.2, 0.25) is 0 Å². The van der Waals surface area contributed by atoms with Crippen LogP contribution in [-0.4, -0.2) is 21.1 Å². The Morgan fingerprint density at radius 1 is 1.25 bits per heavy atom. The van der Waals surface area contributed by atoms with Crippen molar-refractivity contribution in [2.24, 2.45) is 0 Å². The number of alkyl halides is 3. The highest BCUT2D eigenvalue weighted by atomic mass is 32.2. The number of hydrogen-bond donors (Lipinski definition) is 2. The third kappa shape index (κ3) is 5.01. The van der Waals surface area contributed by atoms with Crippen molar-refractivity contribution in [3.63, 3.8) is 0 Å². The van der Waals surface area contributed by atoms with Crippen LogP contribution in [0.1, 0.15) is 24.8 Å². The smallest absolute Gasteiger partial charge is 0.389 e. The summed E-state index contributed by atoms with van der Waals surface area (Å²) in [6.07, 6.45) is -5.12. The van der Waals surface area contributed by atoms with Gasteiger partial charge in [0.05, 0.1) is 5.69 Å². The van der Waals surface area contributed by atoms with Gasteiger partial charge < -0.3 is 5.73 Å². The first-order valence-corrected chi connectivity index (χ1v) is 7.53. The Hall–Kier alpha value is -1.28. The van der Waals surface area contributed by atoms with Crippen molar-refractivity contribution >= 4 is 15.7 Å². The monoisotopic (exact) mass is 310 g/mol. The molecule has 0 aliphatic heterocycles. The van der Waals surface area contributed by atoms with Crippen molar-refractivity contribution in [3.8, 4) is 0 Å². The summed E-state index contributed by atoms with van der Waals surface area (Å²) in [4.78, 5) is -0.0178. The van der Waals surface area contributed by atoms with E-state index in [1.165, 1.54) is 6.07 Å². The van der Waals surface area contributed by atoms with Crippen molar-refractivity contribution < 1.29 is 21.6 Å². The van der Waals surface area contributed by atoms with E-state index in [2.05, 4.69) is 4.72 Å². The van der Waals surface area contributed by atoms with Gasteiger partial charge in [0.1, 0.15) is 4.90 Å². The molecule has 0 saturated carbocycles. The minimum absolute atomic E-state index is 0.0178. The zero-order valence-corrected chi connectivity index (χ0v) is 11.8. The van der Waals surface area contributed by atoms with E-state index in [9.17, 15) is 21.6 Å². The molecule has 0 atom stereocenters. The lowest BCUT2D eigenvalue weighted by molar-refractivity contribution is -0.135. The Bertz CT molecular complexity index is 536. The average Bonchev–Trinajstić information content (AvgIpc) is 2.26. The van der Waals surface area contributed by atoms with E-state index in [4.69, 9.17) is 5.73 Å². The Balaban J connectivity index is 2.59.